The molecule has 0 bridgehead atoms. The summed E-state index contributed by atoms with van der Waals surface area (Å²) in [6, 6.07) is 14.1. The quantitative estimate of drug-likeness (QED) is 0.512. The Kier molecular flexibility index (Phi) is 6.88. The third-order valence-electron chi connectivity index (χ3n) is 3.08. The van der Waals surface area contributed by atoms with Gasteiger partial charge in [-0.3, -0.25) is 9.59 Å². The number of hydrogen-bond acceptors (Lipinski definition) is 5. The van der Waals surface area contributed by atoms with Crippen LogP contribution in [0, 0.1) is 0 Å². The Bertz CT molecular complexity index is 686. The topological polar surface area (TPSA) is 61.8 Å². The molecular weight excluding hydrogens is 334 g/mol. The molecule has 0 unspecified atom stereocenters. The Morgan fingerprint density at radius 3 is 2.24 bits per heavy atom. The number of ether oxygens (including phenoxy) is 3. The molecule has 0 aromatic heterocycles. The summed E-state index contributed by atoms with van der Waals surface area (Å²) in [5.41, 5.74) is 0.231. The first-order valence-electron chi connectivity index (χ1n) is 7.46. The SMILES string of the molecule is O=C(CCOc1ccccc1)OCC(=O)c1ccc(OC(F)F)cc1. The third kappa shape index (κ3) is 6.58. The van der Waals surface area contributed by atoms with Crippen LogP contribution in [0.4, 0.5) is 8.78 Å². The fourth-order valence-corrected chi connectivity index (χ4v) is 1.89. The second-order valence-corrected chi connectivity index (χ2v) is 4.90. The van der Waals surface area contributed by atoms with Gasteiger partial charge in [0.1, 0.15) is 11.5 Å². The zero-order valence-electron chi connectivity index (χ0n) is 13.2. The minimum absolute atomic E-state index is 0.00331. The standard InChI is InChI=1S/C18H16F2O5/c19-18(20)25-15-8-6-13(7-9-15)16(21)12-24-17(22)10-11-23-14-4-2-1-3-5-14/h1-9,18H,10-12H2. The van der Waals surface area contributed by atoms with E-state index in [-0.39, 0.29) is 24.3 Å². The summed E-state index contributed by atoms with van der Waals surface area (Å²) in [5, 5.41) is 0. The van der Waals surface area contributed by atoms with E-state index in [1.165, 1.54) is 24.3 Å². The van der Waals surface area contributed by atoms with Crippen molar-refractivity contribution in [2.24, 2.45) is 0 Å². The van der Waals surface area contributed by atoms with Gasteiger partial charge in [-0.15, -0.1) is 0 Å². The van der Waals surface area contributed by atoms with E-state index >= 15 is 0 Å². The summed E-state index contributed by atoms with van der Waals surface area (Å²) in [6.45, 7) is -3.23. The first-order valence-corrected chi connectivity index (χ1v) is 7.46. The average Bonchev–Trinajstić information content (AvgIpc) is 2.61. The molecule has 0 fully saturated rings. The molecule has 25 heavy (non-hydrogen) atoms. The molecule has 2 aromatic rings. The second-order valence-electron chi connectivity index (χ2n) is 4.90. The van der Waals surface area contributed by atoms with Crippen molar-refractivity contribution < 1.29 is 32.6 Å². The van der Waals surface area contributed by atoms with Gasteiger partial charge in [-0.25, -0.2) is 0 Å². The molecule has 132 valence electrons. The summed E-state index contributed by atoms with van der Waals surface area (Å²) < 4.78 is 38.5. The van der Waals surface area contributed by atoms with Gasteiger partial charge in [0.2, 0.25) is 0 Å². The number of halogens is 2. The Balaban J connectivity index is 1.70. The Labute approximate surface area is 143 Å². The van der Waals surface area contributed by atoms with E-state index in [9.17, 15) is 18.4 Å². The van der Waals surface area contributed by atoms with E-state index in [0.29, 0.717) is 5.75 Å². The molecule has 0 heterocycles. The van der Waals surface area contributed by atoms with E-state index in [2.05, 4.69) is 4.74 Å². The van der Waals surface area contributed by atoms with Gasteiger partial charge in [0.25, 0.3) is 0 Å². The lowest BCUT2D eigenvalue weighted by Crippen LogP contribution is -2.16. The molecule has 0 atom stereocenters. The van der Waals surface area contributed by atoms with Gasteiger partial charge in [0.15, 0.2) is 12.4 Å². The molecule has 0 aliphatic carbocycles. The third-order valence-corrected chi connectivity index (χ3v) is 3.08. The van der Waals surface area contributed by atoms with Gasteiger partial charge in [0, 0.05) is 5.56 Å². The van der Waals surface area contributed by atoms with Crippen LogP contribution in [0.1, 0.15) is 16.8 Å². The zero-order chi connectivity index (χ0) is 18.1. The number of esters is 1. The Hall–Kier alpha value is -2.96. The van der Waals surface area contributed by atoms with Crippen molar-refractivity contribution in [2.75, 3.05) is 13.2 Å². The second kappa shape index (κ2) is 9.36. The van der Waals surface area contributed by atoms with Gasteiger partial charge < -0.3 is 14.2 Å². The van der Waals surface area contributed by atoms with Crippen LogP contribution >= 0.6 is 0 Å². The number of carbonyl (C=O) groups is 2. The summed E-state index contributed by atoms with van der Waals surface area (Å²) in [6.07, 6.45) is 0.00331. The van der Waals surface area contributed by atoms with Crippen molar-refractivity contribution in [2.45, 2.75) is 13.0 Å². The predicted octanol–water partition coefficient (Wildman–Crippen LogP) is 3.48. The number of hydrogen-bond donors (Lipinski definition) is 0. The van der Waals surface area contributed by atoms with Crippen molar-refractivity contribution in [1.82, 2.24) is 0 Å². The number of rotatable bonds is 9. The number of alkyl halides is 2. The number of ketones is 1. The summed E-state index contributed by atoms with van der Waals surface area (Å²) in [7, 11) is 0. The van der Waals surface area contributed by atoms with Crippen molar-refractivity contribution in [3.05, 3.63) is 60.2 Å². The molecule has 0 aliphatic rings. The maximum atomic E-state index is 12.0. The molecule has 2 rings (SSSR count). The fraction of sp³-hybridized carbons (Fsp3) is 0.222. The molecule has 0 spiro atoms. The van der Waals surface area contributed by atoms with Crippen molar-refractivity contribution >= 4 is 11.8 Å². The van der Waals surface area contributed by atoms with Crippen LogP contribution in [-0.2, 0) is 9.53 Å². The van der Waals surface area contributed by atoms with Gasteiger partial charge >= 0.3 is 12.6 Å². The average molecular weight is 350 g/mol. The maximum Gasteiger partial charge on any atom is 0.387 e. The van der Waals surface area contributed by atoms with E-state index in [1.54, 1.807) is 12.1 Å². The fourth-order valence-electron chi connectivity index (χ4n) is 1.89. The summed E-state index contributed by atoms with van der Waals surface area (Å²) in [5.74, 6) is -0.429. The van der Waals surface area contributed by atoms with E-state index < -0.39 is 25.0 Å². The lowest BCUT2D eigenvalue weighted by atomic mass is 10.1. The predicted molar refractivity (Wildman–Crippen MR) is 84.9 cm³/mol. The molecule has 7 heteroatoms. The largest absolute Gasteiger partial charge is 0.493 e. The molecule has 0 radical (unpaired) electrons. The van der Waals surface area contributed by atoms with E-state index in [0.717, 1.165) is 0 Å². The first-order chi connectivity index (χ1) is 12.0. The Morgan fingerprint density at radius 1 is 0.920 bits per heavy atom. The van der Waals surface area contributed by atoms with Crippen LogP contribution < -0.4 is 9.47 Å². The van der Waals surface area contributed by atoms with Crippen LogP contribution in [0.3, 0.4) is 0 Å². The number of para-hydroxylation sites is 1. The first kappa shape index (κ1) is 18.4. The molecule has 0 saturated carbocycles. The van der Waals surface area contributed by atoms with Crippen molar-refractivity contribution in [1.29, 1.82) is 0 Å². The highest BCUT2D eigenvalue weighted by molar-refractivity contribution is 5.98. The minimum atomic E-state index is -2.93. The van der Waals surface area contributed by atoms with Crippen LogP contribution in [0.2, 0.25) is 0 Å². The van der Waals surface area contributed by atoms with Crippen LogP contribution in [0.15, 0.2) is 54.6 Å². The lowest BCUT2D eigenvalue weighted by molar-refractivity contribution is -0.143. The minimum Gasteiger partial charge on any atom is -0.493 e. The van der Waals surface area contributed by atoms with E-state index in [4.69, 9.17) is 9.47 Å². The zero-order valence-corrected chi connectivity index (χ0v) is 13.2. The van der Waals surface area contributed by atoms with Gasteiger partial charge in [-0.05, 0) is 36.4 Å². The number of carbonyl (C=O) groups excluding carboxylic acids is 2. The van der Waals surface area contributed by atoms with Crippen LogP contribution in [-0.4, -0.2) is 31.6 Å². The smallest absolute Gasteiger partial charge is 0.387 e. The molecular formula is C18H16F2O5. The van der Waals surface area contributed by atoms with Gasteiger partial charge in [-0.1, -0.05) is 18.2 Å². The molecule has 0 N–H and O–H groups in total. The van der Waals surface area contributed by atoms with E-state index in [1.807, 2.05) is 18.2 Å². The van der Waals surface area contributed by atoms with Gasteiger partial charge in [-0.2, -0.15) is 8.78 Å². The van der Waals surface area contributed by atoms with Crippen LogP contribution in [0.25, 0.3) is 0 Å². The highest BCUT2D eigenvalue weighted by Gasteiger charge is 2.11. The normalized spacial score (nSPS) is 10.4. The molecule has 5 nitrogen and oxygen atoms in total. The monoisotopic (exact) mass is 350 g/mol. The number of Topliss-reactive ketones (excluding diaryl/α,β-unsaturated/α-hetero) is 1. The van der Waals surface area contributed by atoms with Crippen molar-refractivity contribution in [3.8, 4) is 11.5 Å². The highest BCUT2D eigenvalue weighted by Crippen LogP contribution is 2.15. The highest BCUT2D eigenvalue weighted by atomic mass is 19.3. The molecule has 2 aromatic carbocycles. The maximum absolute atomic E-state index is 12.0. The summed E-state index contributed by atoms with van der Waals surface area (Å²) in [4.78, 5) is 23.5. The Morgan fingerprint density at radius 2 is 1.60 bits per heavy atom. The summed E-state index contributed by atoms with van der Waals surface area (Å²) >= 11 is 0. The lowest BCUT2D eigenvalue weighted by Gasteiger charge is -2.07. The number of benzene rings is 2. The molecule has 0 aliphatic heterocycles. The van der Waals surface area contributed by atoms with Gasteiger partial charge in [0.05, 0.1) is 13.0 Å². The molecule has 0 amide bonds. The molecule has 0 saturated heterocycles. The van der Waals surface area contributed by atoms with Crippen molar-refractivity contribution in [3.63, 3.8) is 0 Å². The van der Waals surface area contributed by atoms with Crippen LogP contribution in [0.5, 0.6) is 11.5 Å².